The molecule has 0 saturated heterocycles. The lowest BCUT2D eigenvalue weighted by Crippen LogP contribution is -2.04. The number of aromatic nitrogens is 1. The highest BCUT2D eigenvalue weighted by Gasteiger charge is 2.08. The van der Waals surface area contributed by atoms with Gasteiger partial charge in [-0.05, 0) is 11.6 Å². The lowest BCUT2D eigenvalue weighted by atomic mass is 10.2. The number of nitrogen functional groups attached to an aromatic ring is 1. The van der Waals surface area contributed by atoms with Gasteiger partial charge in [0.2, 0.25) is 0 Å². The fourth-order valence-corrected chi connectivity index (χ4v) is 1.05. The molecule has 0 aliphatic carbocycles. The molecule has 0 bridgehead atoms. The van der Waals surface area contributed by atoms with Crippen molar-refractivity contribution in [2.45, 2.75) is 0 Å². The molecule has 0 fully saturated rings. The van der Waals surface area contributed by atoms with E-state index in [1.165, 1.54) is 12.3 Å². The molecule has 0 aliphatic heterocycles. The van der Waals surface area contributed by atoms with Crippen LogP contribution in [0, 0.1) is 0 Å². The zero-order valence-corrected chi connectivity index (χ0v) is 8.24. The highest BCUT2D eigenvalue weighted by molar-refractivity contribution is 7.80. The molecule has 0 aliphatic rings. The van der Waals surface area contributed by atoms with Gasteiger partial charge in [-0.2, -0.15) is 12.6 Å². The molecule has 4 nitrogen and oxygen atoms in total. The molecule has 14 heavy (non-hydrogen) atoms. The van der Waals surface area contributed by atoms with Crippen molar-refractivity contribution >= 4 is 30.5 Å². The molecule has 3 N–H and O–H groups in total. The summed E-state index contributed by atoms with van der Waals surface area (Å²) in [5.41, 5.74) is 6.11. The summed E-state index contributed by atoms with van der Waals surface area (Å²) in [5, 5.41) is 8.76. The molecule has 0 aromatic carbocycles. The van der Waals surface area contributed by atoms with Gasteiger partial charge in [0.15, 0.2) is 0 Å². The van der Waals surface area contributed by atoms with E-state index in [0.717, 1.165) is 0 Å². The predicted octanol–water partition coefficient (Wildman–Crippen LogP) is 1.31. The van der Waals surface area contributed by atoms with Crippen LogP contribution in [-0.4, -0.2) is 21.8 Å². The van der Waals surface area contributed by atoms with Gasteiger partial charge >= 0.3 is 5.97 Å². The molecule has 5 heteroatoms. The minimum absolute atomic E-state index is 0.0197. The van der Waals surface area contributed by atoms with E-state index in [9.17, 15) is 4.79 Å². The van der Waals surface area contributed by atoms with Crippen LogP contribution in [0.5, 0.6) is 0 Å². The van der Waals surface area contributed by atoms with E-state index >= 15 is 0 Å². The van der Waals surface area contributed by atoms with E-state index in [0.29, 0.717) is 11.3 Å². The fraction of sp³-hybridized carbons (Fsp3) is 0.111. The van der Waals surface area contributed by atoms with Crippen LogP contribution >= 0.6 is 12.6 Å². The van der Waals surface area contributed by atoms with E-state index in [1.54, 1.807) is 12.2 Å². The Morgan fingerprint density at radius 3 is 3.00 bits per heavy atom. The minimum atomic E-state index is -1.07. The number of carboxylic acid groups (broad SMARTS) is 1. The lowest BCUT2D eigenvalue weighted by molar-refractivity contribution is 0.0697. The zero-order chi connectivity index (χ0) is 10.6. The number of aromatic carboxylic acids is 1. The van der Waals surface area contributed by atoms with Gasteiger partial charge in [0.25, 0.3) is 0 Å². The van der Waals surface area contributed by atoms with Gasteiger partial charge in [0, 0.05) is 11.9 Å². The van der Waals surface area contributed by atoms with Crippen LogP contribution in [0.25, 0.3) is 6.08 Å². The van der Waals surface area contributed by atoms with Crippen molar-refractivity contribution < 1.29 is 9.90 Å². The molecule has 74 valence electrons. The van der Waals surface area contributed by atoms with Crippen LogP contribution in [0.15, 0.2) is 18.3 Å². The smallest absolute Gasteiger partial charge is 0.339 e. The van der Waals surface area contributed by atoms with Crippen LogP contribution in [0.3, 0.4) is 0 Å². The number of pyridine rings is 1. The third-order valence-corrected chi connectivity index (χ3v) is 1.80. The molecule has 1 heterocycles. The topological polar surface area (TPSA) is 76.2 Å². The predicted molar refractivity (Wildman–Crippen MR) is 58.5 cm³/mol. The van der Waals surface area contributed by atoms with Crippen LogP contribution in [0.2, 0.25) is 0 Å². The third-order valence-electron chi connectivity index (χ3n) is 1.59. The van der Waals surface area contributed by atoms with E-state index in [1.807, 2.05) is 0 Å². The van der Waals surface area contributed by atoms with Crippen molar-refractivity contribution in [3.05, 3.63) is 29.5 Å². The maximum atomic E-state index is 10.7. The number of thiol groups is 1. The van der Waals surface area contributed by atoms with Crippen molar-refractivity contribution in [2.24, 2.45) is 0 Å². The number of nitrogens with two attached hydrogens (primary N) is 1. The number of nitrogens with zero attached hydrogens (tertiary/aromatic N) is 1. The monoisotopic (exact) mass is 210 g/mol. The normalized spacial score (nSPS) is 10.6. The number of carbonyl (C=O) groups is 1. The van der Waals surface area contributed by atoms with Crippen molar-refractivity contribution in [2.75, 3.05) is 11.5 Å². The summed E-state index contributed by atoms with van der Waals surface area (Å²) in [5.74, 6) is -0.455. The van der Waals surface area contributed by atoms with E-state index in [-0.39, 0.29) is 11.4 Å². The second kappa shape index (κ2) is 4.66. The molecule has 1 rings (SSSR count). The highest BCUT2D eigenvalue weighted by Crippen LogP contribution is 2.11. The Balaban J connectivity index is 3.06. The number of carboxylic acids is 1. The molecular formula is C9H10N2O2S. The number of hydrogen-bond donors (Lipinski definition) is 3. The fourth-order valence-electron chi connectivity index (χ4n) is 0.943. The van der Waals surface area contributed by atoms with Crippen molar-refractivity contribution in [1.29, 1.82) is 0 Å². The summed E-state index contributed by atoms with van der Waals surface area (Å²) in [4.78, 5) is 14.5. The van der Waals surface area contributed by atoms with E-state index < -0.39 is 5.97 Å². The first-order chi connectivity index (χ1) is 6.65. The zero-order valence-electron chi connectivity index (χ0n) is 7.34. The Kier molecular flexibility index (Phi) is 3.53. The first kappa shape index (κ1) is 10.6. The lowest BCUT2D eigenvalue weighted by Gasteiger charge is -2.00. The Morgan fingerprint density at radius 2 is 2.43 bits per heavy atom. The maximum Gasteiger partial charge on any atom is 0.339 e. The average molecular weight is 210 g/mol. The van der Waals surface area contributed by atoms with Gasteiger partial charge in [0.1, 0.15) is 11.4 Å². The SMILES string of the molecule is Nc1ncc(C=CCS)cc1C(=O)O. The van der Waals surface area contributed by atoms with Gasteiger partial charge in [-0.3, -0.25) is 0 Å². The molecular weight excluding hydrogens is 200 g/mol. The van der Waals surface area contributed by atoms with Gasteiger partial charge in [-0.15, -0.1) is 0 Å². The van der Waals surface area contributed by atoms with Crippen molar-refractivity contribution in [3.63, 3.8) is 0 Å². The summed E-state index contributed by atoms with van der Waals surface area (Å²) >= 11 is 3.99. The molecule has 0 radical (unpaired) electrons. The van der Waals surface area contributed by atoms with Gasteiger partial charge in [0.05, 0.1) is 0 Å². The second-order valence-electron chi connectivity index (χ2n) is 2.59. The van der Waals surface area contributed by atoms with E-state index in [2.05, 4.69) is 17.6 Å². The molecule has 0 atom stereocenters. The average Bonchev–Trinajstić information content (AvgIpc) is 2.16. The molecule has 1 aromatic rings. The van der Waals surface area contributed by atoms with Gasteiger partial charge < -0.3 is 10.8 Å². The van der Waals surface area contributed by atoms with E-state index in [4.69, 9.17) is 10.8 Å². The van der Waals surface area contributed by atoms with Crippen LogP contribution in [0.4, 0.5) is 5.82 Å². The van der Waals surface area contributed by atoms with Gasteiger partial charge in [-0.25, -0.2) is 9.78 Å². The first-order valence-electron chi connectivity index (χ1n) is 3.91. The number of anilines is 1. The van der Waals surface area contributed by atoms with Crippen molar-refractivity contribution in [1.82, 2.24) is 4.98 Å². The minimum Gasteiger partial charge on any atom is -0.478 e. The Bertz CT molecular complexity index is 377. The van der Waals surface area contributed by atoms with Crippen LogP contribution < -0.4 is 5.73 Å². The summed E-state index contributed by atoms with van der Waals surface area (Å²) in [6, 6.07) is 1.48. The summed E-state index contributed by atoms with van der Waals surface area (Å²) in [6.45, 7) is 0. The second-order valence-corrected chi connectivity index (χ2v) is 2.96. The quantitative estimate of drug-likeness (QED) is 0.657. The molecule has 0 saturated carbocycles. The summed E-state index contributed by atoms with van der Waals surface area (Å²) in [6.07, 6.45) is 5.05. The summed E-state index contributed by atoms with van der Waals surface area (Å²) < 4.78 is 0. The molecule has 0 spiro atoms. The molecule has 1 aromatic heterocycles. The van der Waals surface area contributed by atoms with Gasteiger partial charge in [-0.1, -0.05) is 12.2 Å². The van der Waals surface area contributed by atoms with Crippen molar-refractivity contribution in [3.8, 4) is 0 Å². The Morgan fingerprint density at radius 1 is 1.71 bits per heavy atom. The third kappa shape index (κ3) is 2.50. The summed E-state index contributed by atoms with van der Waals surface area (Å²) in [7, 11) is 0. The molecule has 0 unspecified atom stereocenters. The van der Waals surface area contributed by atoms with Crippen LogP contribution in [-0.2, 0) is 0 Å². The first-order valence-corrected chi connectivity index (χ1v) is 4.54. The van der Waals surface area contributed by atoms with Crippen LogP contribution in [0.1, 0.15) is 15.9 Å². The number of rotatable bonds is 3. The maximum absolute atomic E-state index is 10.7. The largest absolute Gasteiger partial charge is 0.478 e. The Labute approximate surface area is 86.9 Å². The Hall–Kier alpha value is -1.49. The highest BCUT2D eigenvalue weighted by atomic mass is 32.1. The standard InChI is InChI=1S/C9H10N2O2S/c10-8-7(9(12)13)4-6(5-11-8)2-1-3-14/h1-2,4-5,14H,3H2,(H2,10,11)(H,12,13). The number of hydrogen-bond acceptors (Lipinski definition) is 4. The molecule has 0 amide bonds.